The van der Waals surface area contributed by atoms with Gasteiger partial charge in [0.2, 0.25) is 0 Å². The maximum Gasteiger partial charge on any atom is 0.193 e. The van der Waals surface area contributed by atoms with Gasteiger partial charge >= 0.3 is 0 Å². The molecule has 0 radical (unpaired) electrons. The molecule has 1 N–H and O–H groups in total. The van der Waals surface area contributed by atoms with Crippen LogP contribution in [0.5, 0.6) is 0 Å². The normalized spacial score (nSPS) is 12.4. The van der Waals surface area contributed by atoms with Crippen LogP contribution < -0.4 is 5.32 Å². The molecule has 0 aliphatic heterocycles. The standard InChI is InChI=1S/C18H26N4.HI/c1-15(16-9-6-5-7-10-16)13-20-18(19-2)22(4)14-17-11-8-12-21(17)3;/h5-12,15H,13-14H2,1-4H3,(H,19,20);1H. The Morgan fingerprint density at radius 2 is 1.91 bits per heavy atom. The average molecular weight is 426 g/mol. The number of rotatable bonds is 5. The maximum atomic E-state index is 4.39. The van der Waals surface area contributed by atoms with Crippen LogP contribution in [0.3, 0.4) is 0 Å². The Labute approximate surface area is 156 Å². The summed E-state index contributed by atoms with van der Waals surface area (Å²) in [6.07, 6.45) is 2.07. The molecule has 0 spiro atoms. The zero-order chi connectivity index (χ0) is 15.9. The first-order valence-corrected chi connectivity index (χ1v) is 7.68. The fourth-order valence-electron chi connectivity index (χ4n) is 2.51. The SMILES string of the molecule is CN=C(NCC(C)c1ccccc1)N(C)Cc1cccn1C.I. The molecule has 0 fully saturated rings. The highest BCUT2D eigenvalue weighted by Crippen LogP contribution is 2.13. The van der Waals surface area contributed by atoms with Crippen molar-refractivity contribution in [2.75, 3.05) is 20.6 Å². The Hall–Kier alpha value is -1.50. The highest BCUT2D eigenvalue weighted by atomic mass is 127. The molecule has 4 nitrogen and oxygen atoms in total. The van der Waals surface area contributed by atoms with E-state index in [1.807, 2.05) is 7.05 Å². The summed E-state index contributed by atoms with van der Waals surface area (Å²) in [6.45, 7) is 3.93. The largest absolute Gasteiger partial charge is 0.356 e. The van der Waals surface area contributed by atoms with E-state index in [1.54, 1.807) is 0 Å². The third-order valence-corrected chi connectivity index (χ3v) is 3.96. The van der Waals surface area contributed by atoms with Gasteiger partial charge in [0.15, 0.2) is 5.96 Å². The molecular weight excluding hydrogens is 399 g/mol. The van der Waals surface area contributed by atoms with E-state index in [4.69, 9.17) is 0 Å². The maximum absolute atomic E-state index is 4.39. The van der Waals surface area contributed by atoms with Crippen LogP contribution in [-0.2, 0) is 13.6 Å². The smallest absolute Gasteiger partial charge is 0.193 e. The van der Waals surface area contributed by atoms with Crippen molar-refractivity contribution in [3.05, 3.63) is 59.9 Å². The summed E-state index contributed by atoms with van der Waals surface area (Å²) in [7, 11) is 5.96. The lowest BCUT2D eigenvalue weighted by Crippen LogP contribution is -2.40. The first kappa shape index (κ1) is 19.5. The van der Waals surface area contributed by atoms with Gasteiger partial charge in [-0.25, -0.2) is 0 Å². The highest BCUT2D eigenvalue weighted by Gasteiger charge is 2.10. The van der Waals surface area contributed by atoms with Gasteiger partial charge < -0.3 is 14.8 Å². The van der Waals surface area contributed by atoms with Crippen molar-refractivity contribution in [1.82, 2.24) is 14.8 Å². The van der Waals surface area contributed by atoms with E-state index >= 15 is 0 Å². The molecule has 1 atom stereocenters. The summed E-state index contributed by atoms with van der Waals surface area (Å²) in [5.41, 5.74) is 2.61. The van der Waals surface area contributed by atoms with E-state index in [2.05, 4.69) is 89.5 Å². The first-order valence-electron chi connectivity index (χ1n) is 7.68. The summed E-state index contributed by atoms with van der Waals surface area (Å²) in [5, 5.41) is 3.47. The molecule has 1 aromatic heterocycles. The van der Waals surface area contributed by atoms with Crippen LogP contribution >= 0.6 is 24.0 Å². The highest BCUT2D eigenvalue weighted by molar-refractivity contribution is 14.0. The number of benzene rings is 1. The molecule has 5 heteroatoms. The van der Waals surface area contributed by atoms with E-state index in [0.29, 0.717) is 5.92 Å². The zero-order valence-electron chi connectivity index (χ0n) is 14.4. The summed E-state index contributed by atoms with van der Waals surface area (Å²) in [4.78, 5) is 6.53. The second-order valence-corrected chi connectivity index (χ2v) is 5.71. The second kappa shape index (κ2) is 9.60. The number of nitrogens with one attached hydrogen (secondary N) is 1. The van der Waals surface area contributed by atoms with Gasteiger partial charge in [-0.2, -0.15) is 0 Å². The first-order chi connectivity index (χ1) is 10.6. The lowest BCUT2D eigenvalue weighted by atomic mass is 10.0. The molecule has 0 aliphatic rings. The molecule has 1 aromatic carbocycles. The predicted molar refractivity (Wildman–Crippen MR) is 109 cm³/mol. The number of nitrogens with zero attached hydrogens (tertiary/aromatic N) is 3. The van der Waals surface area contributed by atoms with Gasteiger partial charge in [-0.1, -0.05) is 37.3 Å². The number of aliphatic imine (C=N–C) groups is 1. The van der Waals surface area contributed by atoms with Gasteiger partial charge in [0.05, 0.1) is 6.54 Å². The van der Waals surface area contributed by atoms with E-state index in [0.717, 1.165) is 19.0 Å². The Balaban J connectivity index is 0.00000264. The molecule has 2 rings (SSSR count). The van der Waals surface area contributed by atoms with Crippen LogP contribution in [0.2, 0.25) is 0 Å². The number of halogens is 1. The van der Waals surface area contributed by atoms with Gasteiger partial charge in [0.1, 0.15) is 0 Å². The van der Waals surface area contributed by atoms with Gasteiger partial charge in [-0.05, 0) is 23.6 Å². The fourth-order valence-corrected chi connectivity index (χ4v) is 2.51. The van der Waals surface area contributed by atoms with Crippen molar-refractivity contribution in [3.63, 3.8) is 0 Å². The summed E-state index contributed by atoms with van der Waals surface area (Å²) in [6, 6.07) is 14.8. The summed E-state index contributed by atoms with van der Waals surface area (Å²) in [5.74, 6) is 1.37. The van der Waals surface area contributed by atoms with Crippen molar-refractivity contribution in [2.24, 2.45) is 12.0 Å². The quantitative estimate of drug-likeness (QED) is 0.451. The van der Waals surface area contributed by atoms with Crippen LogP contribution in [0.25, 0.3) is 0 Å². The number of aryl methyl sites for hydroxylation is 1. The Kier molecular flexibility index (Phi) is 8.16. The van der Waals surface area contributed by atoms with Crippen LogP contribution in [0.1, 0.15) is 24.1 Å². The number of hydrogen-bond donors (Lipinski definition) is 1. The molecule has 1 heterocycles. The molecule has 1 unspecified atom stereocenters. The lowest BCUT2D eigenvalue weighted by Gasteiger charge is -2.24. The van der Waals surface area contributed by atoms with Gasteiger partial charge in [0.25, 0.3) is 0 Å². The molecule has 0 amide bonds. The van der Waals surface area contributed by atoms with Crippen molar-refractivity contribution >= 4 is 29.9 Å². The Morgan fingerprint density at radius 1 is 1.22 bits per heavy atom. The van der Waals surface area contributed by atoms with Crippen molar-refractivity contribution < 1.29 is 0 Å². The number of guanidine groups is 1. The average Bonchev–Trinajstić information content (AvgIpc) is 2.93. The van der Waals surface area contributed by atoms with Crippen LogP contribution in [0.4, 0.5) is 0 Å². The fraction of sp³-hybridized carbons (Fsp3) is 0.389. The molecule has 0 aliphatic carbocycles. The third kappa shape index (κ3) is 5.57. The molecule has 126 valence electrons. The molecular formula is C18H27IN4. The van der Waals surface area contributed by atoms with Crippen LogP contribution in [-0.4, -0.2) is 36.1 Å². The Morgan fingerprint density at radius 3 is 2.48 bits per heavy atom. The molecule has 0 saturated carbocycles. The summed E-state index contributed by atoms with van der Waals surface area (Å²) >= 11 is 0. The lowest BCUT2D eigenvalue weighted by molar-refractivity contribution is 0.459. The van der Waals surface area contributed by atoms with Gasteiger partial charge in [0, 0.05) is 39.6 Å². The minimum absolute atomic E-state index is 0. The molecule has 2 aromatic rings. The monoisotopic (exact) mass is 426 g/mol. The minimum atomic E-state index is 0. The van der Waals surface area contributed by atoms with Crippen molar-refractivity contribution in [2.45, 2.75) is 19.4 Å². The molecule has 23 heavy (non-hydrogen) atoms. The van der Waals surface area contributed by atoms with Crippen molar-refractivity contribution in [1.29, 1.82) is 0 Å². The van der Waals surface area contributed by atoms with E-state index < -0.39 is 0 Å². The molecule has 0 saturated heterocycles. The summed E-state index contributed by atoms with van der Waals surface area (Å²) < 4.78 is 2.14. The van der Waals surface area contributed by atoms with Crippen LogP contribution in [0, 0.1) is 0 Å². The van der Waals surface area contributed by atoms with E-state index in [9.17, 15) is 0 Å². The zero-order valence-corrected chi connectivity index (χ0v) is 16.7. The third-order valence-electron chi connectivity index (χ3n) is 3.96. The Bertz CT molecular complexity index is 606. The van der Waals surface area contributed by atoms with Gasteiger partial charge in [-0.3, -0.25) is 4.99 Å². The minimum Gasteiger partial charge on any atom is -0.356 e. The topological polar surface area (TPSA) is 32.6 Å². The molecule has 0 bridgehead atoms. The number of hydrogen-bond acceptors (Lipinski definition) is 1. The van der Waals surface area contributed by atoms with Gasteiger partial charge in [-0.15, -0.1) is 24.0 Å². The second-order valence-electron chi connectivity index (χ2n) is 5.71. The van der Waals surface area contributed by atoms with Crippen molar-refractivity contribution in [3.8, 4) is 0 Å². The van der Waals surface area contributed by atoms with Crippen LogP contribution in [0.15, 0.2) is 53.7 Å². The number of aromatic nitrogens is 1. The van der Waals surface area contributed by atoms with E-state index in [-0.39, 0.29) is 24.0 Å². The van der Waals surface area contributed by atoms with E-state index in [1.165, 1.54) is 11.3 Å². The predicted octanol–water partition coefficient (Wildman–Crippen LogP) is 3.45.